The lowest BCUT2D eigenvalue weighted by Crippen LogP contribution is -2.51. The zero-order chi connectivity index (χ0) is 28.3. The van der Waals surface area contributed by atoms with E-state index in [1.807, 2.05) is 74.5 Å². The highest BCUT2D eigenvalue weighted by molar-refractivity contribution is 5.90. The molecule has 9 heteroatoms. The van der Waals surface area contributed by atoms with Crippen molar-refractivity contribution in [3.63, 3.8) is 0 Å². The van der Waals surface area contributed by atoms with Gasteiger partial charge in [-0.05, 0) is 37.3 Å². The standard InChI is InChI=1S/C15H19N3O3.C12H17NO2.C2H6/c16-14(20)12(9-11-5-2-1-3-6-11)17-15(21)13-7-4-8-18(13)10-19;1-10(9-14)13-12(15)8-7-11-5-3-2-4-6-11;1-2/h1-3,5-6,10,12-13H,4,7-9H2,(H2,16,20)(H,17,21);2-6,10,14H,7-9H2,1H3,(H,13,15);1-2H3/t12-,13-;10-;/m01./s1. The first-order chi connectivity index (χ1) is 18.3. The summed E-state index contributed by atoms with van der Waals surface area (Å²) in [6.45, 7) is 6.33. The topological polar surface area (TPSA) is 142 Å². The van der Waals surface area contributed by atoms with Crippen molar-refractivity contribution in [3.05, 3.63) is 71.8 Å². The van der Waals surface area contributed by atoms with Gasteiger partial charge in [-0.15, -0.1) is 0 Å². The molecule has 1 fully saturated rings. The normalized spacial score (nSPS) is 15.5. The van der Waals surface area contributed by atoms with Gasteiger partial charge in [0.2, 0.25) is 24.1 Å². The van der Waals surface area contributed by atoms with Crippen molar-refractivity contribution in [2.75, 3.05) is 13.2 Å². The van der Waals surface area contributed by atoms with Crippen molar-refractivity contribution < 1.29 is 24.3 Å². The van der Waals surface area contributed by atoms with Crippen molar-refractivity contribution in [1.29, 1.82) is 0 Å². The van der Waals surface area contributed by atoms with Gasteiger partial charge in [-0.2, -0.15) is 0 Å². The molecule has 2 aromatic carbocycles. The first-order valence-corrected chi connectivity index (χ1v) is 13.1. The van der Waals surface area contributed by atoms with Crippen LogP contribution in [-0.2, 0) is 32.0 Å². The molecule has 0 saturated carbocycles. The predicted molar refractivity (Wildman–Crippen MR) is 148 cm³/mol. The number of benzene rings is 2. The van der Waals surface area contributed by atoms with E-state index in [9.17, 15) is 19.2 Å². The second kappa shape index (κ2) is 18.5. The molecule has 9 nitrogen and oxygen atoms in total. The number of aliphatic hydroxyl groups excluding tert-OH is 1. The summed E-state index contributed by atoms with van der Waals surface area (Å²) in [5, 5.41) is 14.1. The van der Waals surface area contributed by atoms with E-state index in [4.69, 9.17) is 10.8 Å². The third-order valence-corrected chi connectivity index (χ3v) is 5.84. The average Bonchev–Trinajstić information content (AvgIpc) is 3.43. The Morgan fingerprint density at radius 3 is 2.13 bits per heavy atom. The first-order valence-electron chi connectivity index (χ1n) is 13.1. The maximum Gasteiger partial charge on any atom is 0.243 e. The van der Waals surface area contributed by atoms with Crippen molar-refractivity contribution >= 4 is 24.1 Å². The zero-order valence-electron chi connectivity index (χ0n) is 22.6. The zero-order valence-corrected chi connectivity index (χ0v) is 22.6. The maximum atomic E-state index is 12.2. The fourth-order valence-electron chi connectivity index (χ4n) is 3.83. The molecular formula is C29H42N4O5. The number of aryl methyl sites for hydroxylation is 1. The molecule has 0 aliphatic carbocycles. The second-order valence-electron chi connectivity index (χ2n) is 8.79. The molecule has 0 spiro atoms. The van der Waals surface area contributed by atoms with E-state index in [1.165, 1.54) is 4.90 Å². The number of rotatable bonds is 11. The summed E-state index contributed by atoms with van der Waals surface area (Å²) in [4.78, 5) is 47.4. The molecule has 0 radical (unpaired) electrons. The van der Waals surface area contributed by atoms with Crippen LogP contribution in [-0.4, -0.2) is 65.4 Å². The Kier molecular flexibility index (Phi) is 15.7. The third-order valence-electron chi connectivity index (χ3n) is 5.84. The molecule has 2 aromatic rings. The van der Waals surface area contributed by atoms with Crippen molar-refractivity contribution in [1.82, 2.24) is 15.5 Å². The Bertz CT molecular complexity index is 971. The van der Waals surface area contributed by atoms with Crippen LogP contribution in [0, 0.1) is 0 Å². The minimum Gasteiger partial charge on any atom is -0.394 e. The summed E-state index contributed by atoms with van der Waals surface area (Å²) in [6.07, 6.45) is 3.63. The van der Waals surface area contributed by atoms with Crippen molar-refractivity contribution in [2.24, 2.45) is 5.73 Å². The molecule has 5 N–H and O–H groups in total. The van der Waals surface area contributed by atoms with Gasteiger partial charge in [-0.3, -0.25) is 19.2 Å². The highest BCUT2D eigenvalue weighted by Gasteiger charge is 2.31. The number of carbonyl (C=O) groups is 4. The molecule has 0 aromatic heterocycles. The van der Waals surface area contributed by atoms with Crippen LogP contribution in [0.2, 0.25) is 0 Å². The van der Waals surface area contributed by atoms with E-state index in [0.29, 0.717) is 32.2 Å². The van der Waals surface area contributed by atoms with Crippen LogP contribution in [0.15, 0.2) is 60.7 Å². The number of nitrogens with two attached hydrogens (primary N) is 1. The average molecular weight is 527 g/mol. The van der Waals surface area contributed by atoms with Gasteiger partial charge < -0.3 is 26.4 Å². The lowest BCUT2D eigenvalue weighted by atomic mass is 10.0. The summed E-state index contributed by atoms with van der Waals surface area (Å²) < 4.78 is 0. The fraction of sp³-hybridized carbons (Fsp3) is 0.448. The van der Waals surface area contributed by atoms with Crippen LogP contribution in [0.3, 0.4) is 0 Å². The van der Waals surface area contributed by atoms with Gasteiger partial charge in [-0.25, -0.2) is 0 Å². The maximum absolute atomic E-state index is 12.2. The monoisotopic (exact) mass is 526 g/mol. The van der Waals surface area contributed by atoms with Crippen LogP contribution >= 0.6 is 0 Å². The highest BCUT2D eigenvalue weighted by Crippen LogP contribution is 2.15. The summed E-state index contributed by atoms with van der Waals surface area (Å²) in [6, 6.07) is 17.8. The van der Waals surface area contributed by atoms with E-state index in [-0.39, 0.29) is 24.5 Å². The molecule has 1 aliphatic heterocycles. The molecule has 1 aliphatic rings. The Balaban J connectivity index is 0.000000375. The van der Waals surface area contributed by atoms with Crippen LogP contribution in [0.5, 0.6) is 0 Å². The summed E-state index contributed by atoms with van der Waals surface area (Å²) in [5.41, 5.74) is 7.44. The number of primary amides is 1. The molecule has 1 heterocycles. The highest BCUT2D eigenvalue weighted by atomic mass is 16.3. The van der Waals surface area contributed by atoms with E-state index >= 15 is 0 Å². The summed E-state index contributed by atoms with van der Waals surface area (Å²) in [5.74, 6) is -0.914. The molecule has 3 atom stereocenters. The van der Waals surface area contributed by atoms with Gasteiger partial charge in [-0.1, -0.05) is 74.5 Å². The Hall–Kier alpha value is -3.72. The van der Waals surface area contributed by atoms with Gasteiger partial charge in [0, 0.05) is 25.4 Å². The summed E-state index contributed by atoms with van der Waals surface area (Å²) >= 11 is 0. The van der Waals surface area contributed by atoms with Crippen molar-refractivity contribution in [3.8, 4) is 0 Å². The van der Waals surface area contributed by atoms with Gasteiger partial charge >= 0.3 is 0 Å². The molecule has 208 valence electrons. The van der Waals surface area contributed by atoms with Crippen molar-refractivity contribution in [2.45, 2.75) is 71.0 Å². The molecule has 4 amide bonds. The quantitative estimate of drug-likeness (QED) is 0.331. The first kappa shape index (κ1) is 32.3. The minimum absolute atomic E-state index is 0.0135. The molecule has 1 saturated heterocycles. The van der Waals surface area contributed by atoms with E-state index in [1.54, 1.807) is 6.92 Å². The fourth-order valence-corrected chi connectivity index (χ4v) is 3.83. The number of likely N-dealkylation sites (tertiary alicyclic amines) is 1. The number of nitrogens with zero attached hydrogens (tertiary/aromatic N) is 1. The predicted octanol–water partition coefficient (Wildman–Crippen LogP) is 1.96. The minimum atomic E-state index is -0.769. The van der Waals surface area contributed by atoms with Gasteiger partial charge in [0.05, 0.1) is 6.61 Å². The van der Waals surface area contributed by atoms with Crippen LogP contribution in [0.4, 0.5) is 0 Å². The Morgan fingerprint density at radius 1 is 1.03 bits per heavy atom. The number of nitrogens with one attached hydrogen (secondary N) is 2. The lowest BCUT2D eigenvalue weighted by Gasteiger charge is -2.22. The molecule has 38 heavy (non-hydrogen) atoms. The van der Waals surface area contributed by atoms with Gasteiger partial charge in [0.15, 0.2) is 0 Å². The van der Waals surface area contributed by atoms with E-state index in [0.717, 1.165) is 24.0 Å². The molecular weight excluding hydrogens is 484 g/mol. The van der Waals surface area contributed by atoms with Crippen LogP contribution in [0.25, 0.3) is 0 Å². The Labute approximate surface area is 225 Å². The molecule has 3 rings (SSSR count). The number of carbonyl (C=O) groups excluding carboxylic acids is 4. The Morgan fingerprint density at radius 2 is 1.61 bits per heavy atom. The van der Waals surface area contributed by atoms with Crippen LogP contribution in [0.1, 0.15) is 51.2 Å². The largest absolute Gasteiger partial charge is 0.394 e. The number of hydrogen-bond acceptors (Lipinski definition) is 5. The number of hydrogen-bond donors (Lipinski definition) is 4. The van der Waals surface area contributed by atoms with E-state index in [2.05, 4.69) is 10.6 Å². The van der Waals surface area contributed by atoms with Gasteiger partial charge in [0.25, 0.3) is 0 Å². The number of amides is 4. The molecule has 0 bridgehead atoms. The number of aliphatic hydroxyl groups is 1. The van der Waals surface area contributed by atoms with Crippen LogP contribution < -0.4 is 16.4 Å². The van der Waals surface area contributed by atoms with Gasteiger partial charge in [0.1, 0.15) is 12.1 Å². The summed E-state index contributed by atoms with van der Waals surface area (Å²) in [7, 11) is 0. The second-order valence-corrected chi connectivity index (χ2v) is 8.79. The lowest BCUT2D eigenvalue weighted by molar-refractivity contribution is -0.133. The third kappa shape index (κ3) is 12.0. The van der Waals surface area contributed by atoms with E-state index < -0.39 is 18.0 Å². The SMILES string of the molecule is CC.C[C@H](CO)NC(=O)CCc1ccccc1.NC(=O)[C@H](Cc1ccccc1)NC(=O)[C@@H]1CCCN1C=O. The molecule has 0 unspecified atom stereocenters. The smallest absolute Gasteiger partial charge is 0.243 e.